The van der Waals surface area contributed by atoms with Crippen molar-refractivity contribution in [2.24, 2.45) is 17.8 Å². The summed E-state index contributed by atoms with van der Waals surface area (Å²) in [6.07, 6.45) is -1.14. The zero-order chi connectivity index (χ0) is 24.5. The predicted molar refractivity (Wildman–Crippen MR) is 125 cm³/mol. The highest BCUT2D eigenvalue weighted by atomic mass is 16.6. The van der Waals surface area contributed by atoms with Crippen LogP contribution >= 0.6 is 0 Å². The van der Waals surface area contributed by atoms with Gasteiger partial charge in [0.2, 0.25) is 5.91 Å². The van der Waals surface area contributed by atoms with E-state index in [0.717, 1.165) is 11.1 Å². The van der Waals surface area contributed by atoms with Crippen LogP contribution in [0, 0.1) is 17.8 Å². The Labute approximate surface area is 200 Å². The van der Waals surface area contributed by atoms with Crippen molar-refractivity contribution >= 4 is 18.0 Å². The Morgan fingerprint density at radius 1 is 1.09 bits per heavy atom. The van der Waals surface area contributed by atoms with Gasteiger partial charge >= 0.3 is 12.1 Å². The van der Waals surface area contributed by atoms with E-state index in [4.69, 9.17) is 14.2 Å². The molecule has 0 aromatic heterocycles. The van der Waals surface area contributed by atoms with Crippen molar-refractivity contribution in [3.8, 4) is 0 Å². The Kier molecular flexibility index (Phi) is 6.75. The molecule has 2 aliphatic rings. The molecule has 0 radical (unpaired) electrons. The van der Waals surface area contributed by atoms with E-state index in [-0.39, 0.29) is 30.9 Å². The van der Waals surface area contributed by atoms with Gasteiger partial charge in [0.05, 0.1) is 25.2 Å². The van der Waals surface area contributed by atoms with Gasteiger partial charge in [0, 0.05) is 12.3 Å². The van der Waals surface area contributed by atoms with Crippen molar-refractivity contribution in [3.63, 3.8) is 0 Å². The molecule has 2 saturated heterocycles. The minimum atomic E-state index is -1.39. The van der Waals surface area contributed by atoms with Gasteiger partial charge in [-0.05, 0) is 17.0 Å². The second kappa shape index (κ2) is 9.58. The van der Waals surface area contributed by atoms with Crippen LogP contribution in [0.5, 0.6) is 0 Å². The summed E-state index contributed by atoms with van der Waals surface area (Å²) in [4.78, 5) is 41.2. The standard InChI is InChI=1S/C27H31NO6/c1-17(2)21-16-33-26(31)28(21)24(29)22-18(3)27(25(30)32-4,15-19-11-7-5-8-12-19)34-23(22)20-13-9-6-10-14-20/h5-14,17-18,21-23H,15-16H2,1-4H3/t18-,21+,22-,23-,27-/m0/s1. The van der Waals surface area contributed by atoms with Crippen LogP contribution < -0.4 is 0 Å². The number of methoxy groups -OCH3 is 1. The summed E-state index contributed by atoms with van der Waals surface area (Å²) in [7, 11) is 1.32. The van der Waals surface area contributed by atoms with Gasteiger partial charge in [-0.15, -0.1) is 0 Å². The van der Waals surface area contributed by atoms with Gasteiger partial charge in [0.15, 0.2) is 5.60 Å². The van der Waals surface area contributed by atoms with Crippen LogP contribution in [-0.4, -0.2) is 48.2 Å². The van der Waals surface area contributed by atoms with Gasteiger partial charge in [-0.2, -0.15) is 0 Å². The molecule has 0 bridgehead atoms. The normalized spacial score (nSPS) is 28.7. The summed E-state index contributed by atoms with van der Waals surface area (Å²) < 4.78 is 17.0. The zero-order valence-corrected chi connectivity index (χ0v) is 20.0. The second-order valence-electron chi connectivity index (χ2n) is 9.40. The Bertz CT molecular complexity index is 1040. The molecule has 4 rings (SSSR count). The molecule has 2 heterocycles. The SMILES string of the molecule is COC(=O)[C@@]1(Cc2ccccc2)O[C@@H](c2ccccc2)[C@@H](C(=O)N2C(=O)OC[C@@H]2C(C)C)[C@@H]1C. The molecule has 180 valence electrons. The van der Waals surface area contributed by atoms with Crippen molar-refractivity contribution < 1.29 is 28.6 Å². The third-order valence-corrected chi connectivity index (χ3v) is 7.10. The van der Waals surface area contributed by atoms with Gasteiger partial charge in [-0.25, -0.2) is 14.5 Å². The summed E-state index contributed by atoms with van der Waals surface area (Å²) in [5, 5.41) is 0. The number of ether oxygens (including phenoxy) is 3. The first-order valence-corrected chi connectivity index (χ1v) is 11.6. The lowest BCUT2D eigenvalue weighted by molar-refractivity contribution is -0.172. The van der Waals surface area contributed by atoms with Gasteiger partial charge < -0.3 is 14.2 Å². The second-order valence-corrected chi connectivity index (χ2v) is 9.40. The molecule has 7 heteroatoms. The molecule has 0 N–H and O–H groups in total. The molecule has 0 spiro atoms. The van der Waals surface area contributed by atoms with Crippen molar-refractivity contribution in [1.82, 2.24) is 4.90 Å². The molecule has 0 saturated carbocycles. The van der Waals surface area contributed by atoms with E-state index in [1.807, 2.05) is 81.4 Å². The molecular formula is C27H31NO6. The molecule has 34 heavy (non-hydrogen) atoms. The van der Waals surface area contributed by atoms with E-state index < -0.39 is 35.6 Å². The van der Waals surface area contributed by atoms with Gasteiger partial charge in [0.1, 0.15) is 6.61 Å². The number of rotatable bonds is 6. The van der Waals surface area contributed by atoms with E-state index in [1.165, 1.54) is 12.0 Å². The highest BCUT2D eigenvalue weighted by molar-refractivity contribution is 5.96. The van der Waals surface area contributed by atoms with Gasteiger partial charge in [-0.3, -0.25) is 4.79 Å². The number of hydrogen-bond acceptors (Lipinski definition) is 6. The van der Waals surface area contributed by atoms with E-state index in [1.54, 1.807) is 0 Å². The number of hydrogen-bond donors (Lipinski definition) is 0. The molecule has 2 aromatic carbocycles. The summed E-state index contributed by atoms with van der Waals surface area (Å²) in [5.41, 5.74) is 0.258. The Morgan fingerprint density at radius 2 is 1.71 bits per heavy atom. The monoisotopic (exact) mass is 465 g/mol. The maximum absolute atomic E-state index is 14.0. The van der Waals surface area contributed by atoms with Crippen LogP contribution in [0.2, 0.25) is 0 Å². The van der Waals surface area contributed by atoms with E-state index in [2.05, 4.69) is 0 Å². The number of carbonyl (C=O) groups excluding carboxylic acids is 3. The number of nitrogens with zero attached hydrogens (tertiary/aromatic N) is 1. The lowest BCUT2D eigenvalue weighted by Crippen LogP contribution is -2.50. The first-order valence-electron chi connectivity index (χ1n) is 11.6. The lowest BCUT2D eigenvalue weighted by atomic mass is 9.75. The first-order chi connectivity index (χ1) is 16.3. The van der Waals surface area contributed by atoms with Crippen LogP contribution in [0.25, 0.3) is 0 Å². The summed E-state index contributed by atoms with van der Waals surface area (Å²) in [6.45, 7) is 5.89. The molecule has 5 atom stereocenters. The first kappa shape index (κ1) is 24.0. The van der Waals surface area contributed by atoms with Gasteiger partial charge in [0.25, 0.3) is 0 Å². The fourth-order valence-corrected chi connectivity index (χ4v) is 5.14. The minimum absolute atomic E-state index is 0.0258. The topological polar surface area (TPSA) is 82.1 Å². The van der Waals surface area contributed by atoms with Crippen LogP contribution in [0.3, 0.4) is 0 Å². The molecule has 2 aromatic rings. The quantitative estimate of drug-likeness (QED) is 0.596. The van der Waals surface area contributed by atoms with E-state index in [9.17, 15) is 14.4 Å². The maximum atomic E-state index is 14.0. The average molecular weight is 466 g/mol. The Hall–Kier alpha value is -3.19. The number of cyclic esters (lactones) is 1. The molecule has 2 fully saturated rings. The number of carbonyl (C=O) groups is 3. The van der Waals surface area contributed by atoms with Crippen LogP contribution in [0.4, 0.5) is 4.79 Å². The smallest absolute Gasteiger partial charge is 0.416 e. The Morgan fingerprint density at radius 3 is 2.29 bits per heavy atom. The third kappa shape index (κ3) is 4.09. The highest BCUT2D eigenvalue weighted by Gasteiger charge is 2.62. The zero-order valence-electron chi connectivity index (χ0n) is 20.0. The molecule has 7 nitrogen and oxygen atoms in total. The van der Waals surface area contributed by atoms with Crippen LogP contribution in [0.1, 0.15) is 38.0 Å². The fourth-order valence-electron chi connectivity index (χ4n) is 5.14. The highest BCUT2D eigenvalue weighted by Crippen LogP contribution is 2.51. The van der Waals surface area contributed by atoms with Gasteiger partial charge in [-0.1, -0.05) is 81.4 Å². The summed E-state index contributed by atoms with van der Waals surface area (Å²) >= 11 is 0. The fraction of sp³-hybridized carbons (Fsp3) is 0.444. The summed E-state index contributed by atoms with van der Waals surface area (Å²) in [6, 6.07) is 18.5. The lowest BCUT2D eigenvalue weighted by Gasteiger charge is -2.32. The third-order valence-electron chi connectivity index (χ3n) is 7.10. The van der Waals surface area contributed by atoms with Crippen molar-refractivity contribution in [1.29, 1.82) is 0 Å². The van der Waals surface area contributed by atoms with Crippen LogP contribution in [0.15, 0.2) is 60.7 Å². The molecule has 2 aliphatic heterocycles. The van der Waals surface area contributed by atoms with Crippen LogP contribution in [-0.2, 0) is 30.2 Å². The van der Waals surface area contributed by atoms with Crippen molar-refractivity contribution in [2.45, 2.75) is 44.9 Å². The van der Waals surface area contributed by atoms with Crippen molar-refractivity contribution in [2.75, 3.05) is 13.7 Å². The van der Waals surface area contributed by atoms with Crippen molar-refractivity contribution in [3.05, 3.63) is 71.8 Å². The maximum Gasteiger partial charge on any atom is 0.416 e. The Balaban J connectivity index is 1.80. The minimum Gasteiger partial charge on any atom is -0.467 e. The molecular weight excluding hydrogens is 434 g/mol. The van der Waals surface area contributed by atoms with E-state index in [0.29, 0.717) is 0 Å². The molecule has 0 unspecified atom stereocenters. The molecule has 2 amide bonds. The number of benzene rings is 2. The number of amides is 2. The molecule has 0 aliphatic carbocycles. The largest absolute Gasteiger partial charge is 0.467 e. The summed E-state index contributed by atoms with van der Waals surface area (Å²) in [5.74, 6) is -2.25. The predicted octanol–water partition coefficient (Wildman–Crippen LogP) is 4.17. The average Bonchev–Trinajstić information content (AvgIpc) is 3.38. The van der Waals surface area contributed by atoms with E-state index >= 15 is 0 Å². The number of imide groups is 1. The number of esters is 1.